The topological polar surface area (TPSA) is 87.7 Å². The zero-order chi connectivity index (χ0) is 21.5. The predicted molar refractivity (Wildman–Crippen MR) is 110 cm³/mol. The van der Waals surface area contributed by atoms with Crippen molar-refractivity contribution < 1.29 is 23.5 Å². The van der Waals surface area contributed by atoms with Crippen LogP contribution in [0, 0.1) is 18.7 Å². The van der Waals surface area contributed by atoms with Gasteiger partial charge in [-0.15, -0.1) is 0 Å². The molecule has 0 bridgehead atoms. The molecule has 2 N–H and O–H groups in total. The maximum atomic E-state index is 13.8. The van der Waals surface area contributed by atoms with Crippen LogP contribution in [0.5, 0.6) is 0 Å². The van der Waals surface area contributed by atoms with Gasteiger partial charge < -0.3 is 20.3 Å². The fraction of sp³-hybridized carbons (Fsp3) is 0.318. The highest BCUT2D eigenvalue weighted by atomic mass is 19.1. The van der Waals surface area contributed by atoms with E-state index < -0.39 is 24.3 Å². The first-order valence-electron chi connectivity index (χ1n) is 9.76. The summed E-state index contributed by atoms with van der Waals surface area (Å²) < 4.78 is 18.9. The molecule has 1 heterocycles. The number of carbonyl (C=O) groups is 3. The summed E-state index contributed by atoms with van der Waals surface area (Å²) in [5, 5.41) is 5.20. The monoisotopic (exact) mass is 413 g/mol. The van der Waals surface area contributed by atoms with Gasteiger partial charge in [0.15, 0.2) is 6.61 Å². The number of urea groups is 1. The lowest BCUT2D eigenvalue weighted by molar-refractivity contribution is -0.152. The van der Waals surface area contributed by atoms with Crippen LogP contribution in [0.4, 0.5) is 20.6 Å². The Labute approximate surface area is 174 Å². The minimum atomic E-state index is -0.606. The maximum absolute atomic E-state index is 13.8. The Morgan fingerprint density at radius 3 is 2.43 bits per heavy atom. The molecule has 1 aliphatic heterocycles. The number of piperidine rings is 1. The van der Waals surface area contributed by atoms with Gasteiger partial charge in [0.2, 0.25) is 0 Å². The summed E-state index contributed by atoms with van der Waals surface area (Å²) in [6.07, 6.45) is 0.907. The van der Waals surface area contributed by atoms with Crippen LogP contribution in [0.3, 0.4) is 0 Å². The van der Waals surface area contributed by atoms with Crippen molar-refractivity contribution in [1.29, 1.82) is 0 Å². The van der Waals surface area contributed by atoms with E-state index in [-0.39, 0.29) is 17.6 Å². The van der Waals surface area contributed by atoms with E-state index in [1.165, 1.54) is 12.1 Å². The third kappa shape index (κ3) is 5.79. The maximum Gasteiger partial charge on any atom is 0.321 e. The largest absolute Gasteiger partial charge is 0.455 e. The van der Waals surface area contributed by atoms with Gasteiger partial charge in [0.25, 0.3) is 5.91 Å². The van der Waals surface area contributed by atoms with Crippen molar-refractivity contribution in [3.05, 3.63) is 59.9 Å². The lowest BCUT2D eigenvalue weighted by Gasteiger charge is -2.30. The normalized spacial score (nSPS) is 14.1. The Morgan fingerprint density at radius 1 is 1.07 bits per heavy atom. The fourth-order valence-corrected chi connectivity index (χ4v) is 3.20. The van der Waals surface area contributed by atoms with E-state index in [9.17, 15) is 18.8 Å². The number of amides is 3. The minimum Gasteiger partial charge on any atom is -0.455 e. The number of nitrogens with zero attached hydrogens (tertiary/aromatic N) is 1. The Kier molecular flexibility index (Phi) is 7.00. The van der Waals surface area contributed by atoms with E-state index >= 15 is 0 Å². The van der Waals surface area contributed by atoms with E-state index in [0.29, 0.717) is 31.6 Å². The Hall–Kier alpha value is -3.42. The van der Waals surface area contributed by atoms with Gasteiger partial charge in [0, 0.05) is 18.8 Å². The molecule has 1 fully saturated rings. The summed E-state index contributed by atoms with van der Waals surface area (Å²) in [4.78, 5) is 38.1. The smallest absolute Gasteiger partial charge is 0.321 e. The zero-order valence-electron chi connectivity index (χ0n) is 16.7. The lowest BCUT2D eigenvalue weighted by Crippen LogP contribution is -2.43. The van der Waals surface area contributed by atoms with Gasteiger partial charge in [-0.1, -0.05) is 24.3 Å². The molecule has 7 nitrogen and oxygen atoms in total. The molecule has 2 aromatic rings. The quantitative estimate of drug-likeness (QED) is 0.734. The van der Waals surface area contributed by atoms with Crippen LogP contribution in [-0.2, 0) is 14.3 Å². The molecule has 8 heteroatoms. The molecule has 1 aliphatic rings. The van der Waals surface area contributed by atoms with Gasteiger partial charge in [-0.25, -0.2) is 9.18 Å². The number of halogens is 1. The summed E-state index contributed by atoms with van der Waals surface area (Å²) in [6.45, 7) is 2.09. The highest BCUT2D eigenvalue weighted by molar-refractivity contribution is 5.93. The SMILES string of the molecule is Cc1ccc(NC(=O)COC(=O)C2CCN(C(=O)Nc3ccccc3)CC2)c(F)c1. The molecule has 0 aromatic heterocycles. The number of hydrogen-bond acceptors (Lipinski definition) is 4. The number of aryl methyl sites for hydroxylation is 1. The Bertz CT molecular complexity index is 912. The average Bonchev–Trinajstić information content (AvgIpc) is 2.75. The molecule has 158 valence electrons. The van der Waals surface area contributed by atoms with E-state index in [1.54, 1.807) is 30.0 Å². The molecule has 2 aromatic carbocycles. The highest BCUT2D eigenvalue weighted by Crippen LogP contribution is 2.20. The number of hydrogen-bond donors (Lipinski definition) is 2. The molecule has 0 unspecified atom stereocenters. The Morgan fingerprint density at radius 2 is 1.77 bits per heavy atom. The van der Waals surface area contributed by atoms with Crippen molar-refractivity contribution in [3.8, 4) is 0 Å². The fourth-order valence-electron chi connectivity index (χ4n) is 3.20. The average molecular weight is 413 g/mol. The van der Waals surface area contributed by atoms with Crippen molar-refractivity contribution in [3.63, 3.8) is 0 Å². The van der Waals surface area contributed by atoms with Crippen molar-refractivity contribution in [2.45, 2.75) is 19.8 Å². The third-order valence-electron chi connectivity index (χ3n) is 4.88. The number of rotatable bonds is 5. The van der Waals surface area contributed by atoms with Crippen molar-refractivity contribution in [2.75, 3.05) is 30.3 Å². The molecule has 0 saturated carbocycles. The second-order valence-corrected chi connectivity index (χ2v) is 7.20. The number of carbonyl (C=O) groups excluding carboxylic acids is 3. The van der Waals surface area contributed by atoms with Gasteiger partial charge in [-0.2, -0.15) is 0 Å². The van der Waals surface area contributed by atoms with Gasteiger partial charge >= 0.3 is 12.0 Å². The van der Waals surface area contributed by atoms with Crippen molar-refractivity contribution >= 4 is 29.3 Å². The van der Waals surface area contributed by atoms with Crippen molar-refractivity contribution in [2.24, 2.45) is 5.92 Å². The summed E-state index contributed by atoms with van der Waals surface area (Å²) in [5.74, 6) is -2.02. The van der Waals surface area contributed by atoms with E-state index in [4.69, 9.17) is 4.74 Å². The second kappa shape index (κ2) is 9.87. The summed E-state index contributed by atoms with van der Waals surface area (Å²) in [5.41, 5.74) is 1.49. The first kappa shape index (κ1) is 21.3. The molecule has 3 amide bonds. The van der Waals surface area contributed by atoms with E-state index in [0.717, 1.165) is 5.56 Å². The number of para-hydroxylation sites is 1. The van der Waals surface area contributed by atoms with E-state index in [2.05, 4.69) is 10.6 Å². The highest BCUT2D eigenvalue weighted by Gasteiger charge is 2.28. The molecule has 1 saturated heterocycles. The number of nitrogens with one attached hydrogen (secondary N) is 2. The summed E-state index contributed by atoms with van der Waals surface area (Å²) in [6, 6.07) is 13.4. The van der Waals surface area contributed by atoms with Gasteiger partial charge in [-0.3, -0.25) is 9.59 Å². The molecule has 30 heavy (non-hydrogen) atoms. The summed E-state index contributed by atoms with van der Waals surface area (Å²) in [7, 11) is 0. The van der Waals surface area contributed by atoms with Crippen LogP contribution in [0.1, 0.15) is 18.4 Å². The van der Waals surface area contributed by atoms with Gasteiger partial charge in [-0.05, 0) is 49.6 Å². The van der Waals surface area contributed by atoms with Crippen LogP contribution in [0.2, 0.25) is 0 Å². The summed E-state index contributed by atoms with van der Waals surface area (Å²) >= 11 is 0. The number of benzene rings is 2. The van der Waals surface area contributed by atoms with Gasteiger partial charge in [0.1, 0.15) is 5.82 Å². The molecule has 0 spiro atoms. The molecule has 0 aliphatic carbocycles. The predicted octanol–water partition coefficient (Wildman–Crippen LogP) is 3.56. The van der Waals surface area contributed by atoms with Crippen LogP contribution >= 0.6 is 0 Å². The number of likely N-dealkylation sites (tertiary alicyclic amines) is 1. The van der Waals surface area contributed by atoms with Crippen LogP contribution in [-0.4, -0.2) is 42.5 Å². The first-order chi connectivity index (χ1) is 14.4. The van der Waals surface area contributed by atoms with Crippen LogP contribution < -0.4 is 10.6 Å². The third-order valence-corrected chi connectivity index (χ3v) is 4.88. The minimum absolute atomic E-state index is 0.0411. The van der Waals surface area contributed by atoms with Crippen molar-refractivity contribution in [1.82, 2.24) is 4.90 Å². The molecule has 0 radical (unpaired) electrons. The second-order valence-electron chi connectivity index (χ2n) is 7.20. The first-order valence-corrected chi connectivity index (χ1v) is 9.76. The standard InChI is InChI=1S/C22H24FN3O4/c1-15-7-8-19(18(23)13-15)25-20(27)14-30-21(28)16-9-11-26(12-10-16)22(29)24-17-5-3-2-4-6-17/h2-8,13,16H,9-12,14H2,1H3,(H,24,29)(H,25,27). The molecular weight excluding hydrogens is 389 g/mol. The molecule has 3 rings (SSSR count). The lowest BCUT2D eigenvalue weighted by atomic mass is 9.97. The number of ether oxygens (including phenoxy) is 1. The molecular formula is C22H24FN3O4. The van der Waals surface area contributed by atoms with Crippen LogP contribution in [0.25, 0.3) is 0 Å². The van der Waals surface area contributed by atoms with Gasteiger partial charge in [0.05, 0.1) is 11.6 Å². The van der Waals surface area contributed by atoms with E-state index in [1.807, 2.05) is 18.2 Å². The Balaban J connectivity index is 1.40. The number of esters is 1. The molecule has 0 atom stereocenters. The van der Waals surface area contributed by atoms with Crippen LogP contribution in [0.15, 0.2) is 48.5 Å². The zero-order valence-corrected chi connectivity index (χ0v) is 16.7. The number of anilines is 2.